The number of nitrogens with one attached hydrogen (secondary N) is 1. The SMILES string of the molecule is COc1ccc(C2Cc3nc(N)nc(C)c3C(=O)N2)c(Br)c1. The van der Waals surface area contributed by atoms with Crippen LogP contribution in [0, 0.1) is 6.92 Å². The van der Waals surface area contributed by atoms with E-state index in [1.165, 1.54) is 0 Å². The Balaban J connectivity index is 2.00. The summed E-state index contributed by atoms with van der Waals surface area (Å²) in [5.74, 6) is 0.769. The quantitative estimate of drug-likeness (QED) is 0.854. The number of ether oxygens (including phenoxy) is 1. The summed E-state index contributed by atoms with van der Waals surface area (Å²) in [6.45, 7) is 1.76. The number of aryl methyl sites for hydroxylation is 1. The largest absolute Gasteiger partial charge is 0.497 e. The Labute approximate surface area is 136 Å². The van der Waals surface area contributed by atoms with Crippen LogP contribution in [0.2, 0.25) is 0 Å². The zero-order chi connectivity index (χ0) is 15.9. The molecule has 1 unspecified atom stereocenters. The Bertz CT molecular complexity index is 763. The molecule has 0 aliphatic carbocycles. The zero-order valence-electron chi connectivity index (χ0n) is 12.2. The van der Waals surface area contributed by atoms with Crippen LogP contribution in [-0.4, -0.2) is 23.0 Å². The number of amides is 1. The Morgan fingerprint density at radius 1 is 1.41 bits per heavy atom. The number of aromatic nitrogens is 2. The van der Waals surface area contributed by atoms with E-state index in [4.69, 9.17) is 10.5 Å². The molecule has 22 heavy (non-hydrogen) atoms. The van der Waals surface area contributed by atoms with Crippen molar-refractivity contribution >= 4 is 27.8 Å². The number of halogens is 1. The number of hydrogen-bond acceptors (Lipinski definition) is 5. The Kier molecular flexibility index (Phi) is 3.74. The van der Waals surface area contributed by atoms with Gasteiger partial charge in [0.25, 0.3) is 5.91 Å². The van der Waals surface area contributed by atoms with Gasteiger partial charge in [-0.2, -0.15) is 0 Å². The normalized spacial score (nSPS) is 16.9. The smallest absolute Gasteiger partial charge is 0.255 e. The fourth-order valence-electron chi connectivity index (χ4n) is 2.68. The molecule has 3 rings (SSSR count). The van der Waals surface area contributed by atoms with E-state index in [0.717, 1.165) is 15.8 Å². The minimum Gasteiger partial charge on any atom is -0.497 e. The van der Waals surface area contributed by atoms with Crippen LogP contribution in [0.4, 0.5) is 5.95 Å². The number of nitrogens with zero attached hydrogens (tertiary/aromatic N) is 2. The minimum absolute atomic E-state index is 0.172. The van der Waals surface area contributed by atoms with Gasteiger partial charge in [0.05, 0.1) is 30.1 Å². The van der Waals surface area contributed by atoms with Gasteiger partial charge in [-0.05, 0) is 24.6 Å². The Hall–Kier alpha value is -2.15. The van der Waals surface area contributed by atoms with Crippen molar-refractivity contribution in [2.75, 3.05) is 12.8 Å². The summed E-state index contributed by atoms with van der Waals surface area (Å²) in [6.07, 6.45) is 0.569. The second-order valence-corrected chi connectivity index (χ2v) is 5.96. The highest BCUT2D eigenvalue weighted by Crippen LogP contribution is 2.32. The molecular formula is C15H15BrN4O2. The van der Waals surface area contributed by atoms with Crippen molar-refractivity contribution in [3.8, 4) is 5.75 Å². The summed E-state index contributed by atoms with van der Waals surface area (Å²) < 4.78 is 6.07. The minimum atomic E-state index is -0.175. The van der Waals surface area contributed by atoms with Crippen molar-refractivity contribution in [2.24, 2.45) is 0 Å². The zero-order valence-corrected chi connectivity index (χ0v) is 13.8. The number of anilines is 1. The summed E-state index contributed by atoms with van der Waals surface area (Å²) in [7, 11) is 1.61. The number of carbonyl (C=O) groups excluding carboxylic acids is 1. The summed E-state index contributed by atoms with van der Waals surface area (Å²) in [4.78, 5) is 20.6. The van der Waals surface area contributed by atoms with E-state index < -0.39 is 0 Å². The number of benzene rings is 1. The first kappa shape index (κ1) is 14.8. The topological polar surface area (TPSA) is 90.1 Å². The molecule has 1 aromatic carbocycles. The molecule has 114 valence electrons. The maximum absolute atomic E-state index is 12.4. The fraction of sp³-hybridized carbons (Fsp3) is 0.267. The first-order chi connectivity index (χ1) is 10.5. The van der Waals surface area contributed by atoms with Crippen LogP contribution in [-0.2, 0) is 6.42 Å². The average molecular weight is 363 g/mol. The number of methoxy groups -OCH3 is 1. The molecule has 3 N–H and O–H groups in total. The van der Waals surface area contributed by atoms with Crippen molar-refractivity contribution in [1.82, 2.24) is 15.3 Å². The average Bonchev–Trinajstić information content (AvgIpc) is 2.45. The second kappa shape index (κ2) is 5.57. The molecule has 0 bridgehead atoms. The number of rotatable bonds is 2. The lowest BCUT2D eigenvalue weighted by molar-refractivity contribution is 0.0922. The van der Waals surface area contributed by atoms with E-state index in [1.54, 1.807) is 14.0 Å². The predicted octanol–water partition coefficient (Wildman–Crippen LogP) is 2.17. The van der Waals surface area contributed by atoms with Gasteiger partial charge in [-0.25, -0.2) is 9.97 Å². The van der Waals surface area contributed by atoms with E-state index in [1.807, 2.05) is 18.2 Å². The second-order valence-electron chi connectivity index (χ2n) is 5.11. The third-order valence-electron chi connectivity index (χ3n) is 3.70. The van der Waals surface area contributed by atoms with E-state index in [2.05, 4.69) is 31.2 Å². The van der Waals surface area contributed by atoms with Crippen molar-refractivity contribution in [1.29, 1.82) is 0 Å². The van der Waals surface area contributed by atoms with Gasteiger partial charge in [-0.15, -0.1) is 0 Å². The number of carbonyl (C=O) groups is 1. The first-order valence-corrected chi connectivity index (χ1v) is 7.56. The number of nitrogens with two attached hydrogens (primary N) is 1. The summed E-state index contributed by atoms with van der Waals surface area (Å²) >= 11 is 3.52. The first-order valence-electron chi connectivity index (χ1n) is 6.77. The molecule has 0 saturated carbocycles. The maximum Gasteiger partial charge on any atom is 0.255 e. The molecule has 6 nitrogen and oxygen atoms in total. The predicted molar refractivity (Wildman–Crippen MR) is 85.8 cm³/mol. The van der Waals surface area contributed by atoms with E-state index >= 15 is 0 Å². The number of fused-ring (bicyclic) bond motifs is 1. The van der Waals surface area contributed by atoms with Gasteiger partial charge in [0, 0.05) is 10.9 Å². The molecule has 7 heteroatoms. The van der Waals surface area contributed by atoms with Crippen molar-refractivity contribution in [3.63, 3.8) is 0 Å². The van der Waals surface area contributed by atoms with E-state index in [-0.39, 0.29) is 17.9 Å². The maximum atomic E-state index is 12.4. The highest BCUT2D eigenvalue weighted by Gasteiger charge is 2.30. The van der Waals surface area contributed by atoms with Crippen LogP contribution in [0.1, 0.15) is 33.4 Å². The highest BCUT2D eigenvalue weighted by molar-refractivity contribution is 9.10. The van der Waals surface area contributed by atoms with Gasteiger partial charge < -0.3 is 15.8 Å². The van der Waals surface area contributed by atoms with Crippen LogP contribution >= 0.6 is 15.9 Å². The molecule has 1 atom stereocenters. The molecule has 1 aliphatic rings. The summed E-state index contributed by atoms with van der Waals surface area (Å²) in [5.41, 5.74) is 8.48. The lowest BCUT2D eigenvalue weighted by atomic mass is 9.94. The standard InChI is InChI=1S/C15H15BrN4O2/c1-7-13-12(20-15(17)18-7)6-11(19-14(13)21)9-4-3-8(22-2)5-10(9)16/h3-5,11H,6H2,1-2H3,(H,19,21)(H2,17,18,20). The van der Waals surface area contributed by atoms with Gasteiger partial charge in [-0.1, -0.05) is 22.0 Å². The van der Waals surface area contributed by atoms with Gasteiger partial charge in [0.2, 0.25) is 5.95 Å². The molecular weight excluding hydrogens is 348 g/mol. The molecule has 0 radical (unpaired) electrons. The van der Waals surface area contributed by atoms with Gasteiger partial charge in [0.1, 0.15) is 5.75 Å². The van der Waals surface area contributed by atoms with Crippen LogP contribution in [0.25, 0.3) is 0 Å². The monoisotopic (exact) mass is 362 g/mol. The van der Waals surface area contributed by atoms with E-state index in [0.29, 0.717) is 23.4 Å². The van der Waals surface area contributed by atoms with Crippen molar-refractivity contribution < 1.29 is 9.53 Å². The molecule has 2 heterocycles. The van der Waals surface area contributed by atoms with Gasteiger partial charge in [-0.3, -0.25) is 4.79 Å². The van der Waals surface area contributed by atoms with Crippen LogP contribution < -0.4 is 15.8 Å². The van der Waals surface area contributed by atoms with Gasteiger partial charge in [0.15, 0.2) is 0 Å². The van der Waals surface area contributed by atoms with Crippen molar-refractivity contribution in [3.05, 3.63) is 45.2 Å². The molecule has 0 spiro atoms. The van der Waals surface area contributed by atoms with Crippen LogP contribution in [0.15, 0.2) is 22.7 Å². The summed E-state index contributed by atoms with van der Waals surface area (Å²) in [6, 6.07) is 5.49. The highest BCUT2D eigenvalue weighted by atomic mass is 79.9. The fourth-order valence-corrected chi connectivity index (χ4v) is 3.31. The number of nitrogen functional groups attached to an aromatic ring is 1. The molecule has 1 amide bonds. The third kappa shape index (κ3) is 2.52. The Morgan fingerprint density at radius 2 is 2.18 bits per heavy atom. The molecule has 2 aromatic rings. The Morgan fingerprint density at radius 3 is 2.86 bits per heavy atom. The molecule has 1 aliphatic heterocycles. The molecule has 1 aromatic heterocycles. The summed E-state index contributed by atoms with van der Waals surface area (Å²) in [5, 5.41) is 3.00. The third-order valence-corrected chi connectivity index (χ3v) is 4.38. The van der Waals surface area contributed by atoms with Crippen LogP contribution in [0.5, 0.6) is 5.75 Å². The van der Waals surface area contributed by atoms with Gasteiger partial charge >= 0.3 is 0 Å². The lowest BCUT2D eigenvalue weighted by Crippen LogP contribution is -2.37. The van der Waals surface area contributed by atoms with Crippen LogP contribution in [0.3, 0.4) is 0 Å². The van der Waals surface area contributed by atoms with Crippen molar-refractivity contribution in [2.45, 2.75) is 19.4 Å². The molecule has 0 saturated heterocycles. The number of hydrogen-bond donors (Lipinski definition) is 2. The lowest BCUT2D eigenvalue weighted by Gasteiger charge is -2.27. The molecule has 0 fully saturated rings. The van der Waals surface area contributed by atoms with E-state index in [9.17, 15) is 4.79 Å².